The van der Waals surface area contributed by atoms with Crippen LogP contribution >= 0.6 is 0 Å². The summed E-state index contributed by atoms with van der Waals surface area (Å²) in [4.78, 5) is 0. The number of allylic oxidation sites excluding steroid dienone is 2. The zero-order valence-electron chi connectivity index (χ0n) is 13.0. The van der Waals surface area contributed by atoms with Crippen LogP contribution in [0.3, 0.4) is 0 Å². The van der Waals surface area contributed by atoms with Gasteiger partial charge in [-0.2, -0.15) is 15.6 Å². The minimum Gasteiger partial charge on any atom is -0.595 e. The van der Waals surface area contributed by atoms with E-state index in [9.17, 15) is 15.6 Å². The monoisotopic (exact) mass is 322 g/mol. The highest BCUT2D eigenvalue weighted by atomic mass is 16.8. The van der Waals surface area contributed by atoms with Crippen molar-refractivity contribution in [1.29, 1.82) is 0 Å². The minimum atomic E-state index is -1.20. The third-order valence-electron chi connectivity index (χ3n) is 3.96. The maximum absolute atomic E-state index is 11.3. The van der Waals surface area contributed by atoms with Crippen LogP contribution in [0.4, 0.5) is 17.1 Å². The van der Waals surface area contributed by atoms with Crippen molar-refractivity contribution in [3.05, 3.63) is 39.8 Å². The van der Waals surface area contributed by atoms with E-state index >= 15 is 0 Å². The Hall–Kier alpha value is -1.81. The van der Waals surface area contributed by atoms with E-state index < -0.39 is 10.5 Å². The van der Waals surface area contributed by atoms with Crippen LogP contribution in [0.1, 0.15) is 39.0 Å². The predicted octanol–water partition coefficient (Wildman–Crippen LogP) is 1.17. The molecule has 2 unspecified atom stereocenters. The summed E-state index contributed by atoms with van der Waals surface area (Å²) in [6.07, 6.45) is 7.15. The highest BCUT2D eigenvalue weighted by Crippen LogP contribution is 2.26. The van der Waals surface area contributed by atoms with E-state index in [-0.39, 0.29) is 17.1 Å². The van der Waals surface area contributed by atoms with Crippen molar-refractivity contribution >= 4 is 23.3 Å². The second kappa shape index (κ2) is 8.16. The van der Waals surface area contributed by atoms with Crippen LogP contribution in [-0.2, 0) is 0 Å². The molecule has 0 saturated carbocycles. The van der Waals surface area contributed by atoms with Crippen LogP contribution in [-0.4, -0.2) is 16.6 Å². The van der Waals surface area contributed by atoms with E-state index in [2.05, 4.69) is 17.5 Å². The maximum atomic E-state index is 11.3. The van der Waals surface area contributed by atoms with Crippen molar-refractivity contribution in [3.63, 3.8) is 0 Å². The summed E-state index contributed by atoms with van der Waals surface area (Å²) in [5.41, 5.74) is 5.39. The van der Waals surface area contributed by atoms with Crippen molar-refractivity contribution in [1.82, 2.24) is 0 Å². The molecule has 8 heteroatoms. The lowest BCUT2D eigenvalue weighted by atomic mass is 9.91. The first kappa shape index (κ1) is 17.5. The van der Waals surface area contributed by atoms with Gasteiger partial charge in [-0.15, -0.1) is 0 Å². The van der Waals surface area contributed by atoms with E-state index in [1.54, 1.807) is 6.21 Å². The SMILES string of the molecule is CCC1=C(C=NNc2ccc([NH+]([O-])O)cc2[NH+]([O-])O)CCCC1. The maximum Gasteiger partial charge on any atom is 0.195 e. The average molecular weight is 322 g/mol. The van der Waals surface area contributed by atoms with Crippen LogP contribution in [0.25, 0.3) is 0 Å². The van der Waals surface area contributed by atoms with Crippen molar-refractivity contribution in [2.45, 2.75) is 39.0 Å². The Morgan fingerprint density at radius 2 is 1.96 bits per heavy atom. The smallest absolute Gasteiger partial charge is 0.195 e. The Balaban J connectivity index is 2.16. The van der Waals surface area contributed by atoms with Gasteiger partial charge in [0, 0.05) is 6.07 Å². The Labute approximate surface area is 134 Å². The Kier molecular flexibility index (Phi) is 6.22. The number of hydrazone groups is 1. The predicted molar refractivity (Wildman–Crippen MR) is 85.9 cm³/mol. The molecule has 0 bridgehead atoms. The largest absolute Gasteiger partial charge is 0.595 e. The Morgan fingerprint density at radius 1 is 1.22 bits per heavy atom. The van der Waals surface area contributed by atoms with Crippen molar-refractivity contribution in [3.8, 4) is 0 Å². The highest BCUT2D eigenvalue weighted by Gasteiger charge is 2.13. The molecule has 2 atom stereocenters. The third-order valence-corrected chi connectivity index (χ3v) is 3.96. The molecule has 0 aromatic heterocycles. The fourth-order valence-corrected chi connectivity index (χ4v) is 2.68. The molecule has 0 spiro atoms. The summed E-state index contributed by atoms with van der Waals surface area (Å²) < 4.78 is 0. The summed E-state index contributed by atoms with van der Waals surface area (Å²) in [5, 5.41) is 42.1. The van der Waals surface area contributed by atoms with Crippen LogP contribution in [0.15, 0.2) is 34.4 Å². The summed E-state index contributed by atoms with van der Waals surface area (Å²) in [7, 11) is 0. The molecule has 1 aliphatic rings. The number of nitrogens with zero attached hydrogens (tertiary/aromatic N) is 1. The van der Waals surface area contributed by atoms with Gasteiger partial charge < -0.3 is 10.4 Å². The topological polar surface area (TPSA) is 120 Å². The van der Waals surface area contributed by atoms with Gasteiger partial charge in [-0.3, -0.25) is 5.43 Å². The Bertz CT molecular complexity index is 599. The van der Waals surface area contributed by atoms with Crippen LogP contribution < -0.4 is 15.9 Å². The van der Waals surface area contributed by atoms with Gasteiger partial charge in [0.05, 0.1) is 12.3 Å². The first-order chi connectivity index (χ1) is 11.0. The lowest BCUT2D eigenvalue weighted by molar-refractivity contribution is -0.996. The number of hydrogen-bond acceptors (Lipinski definition) is 6. The van der Waals surface area contributed by atoms with Crippen LogP contribution in [0.2, 0.25) is 0 Å². The average Bonchev–Trinajstić information content (AvgIpc) is 2.55. The van der Waals surface area contributed by atoms with E-state index in [4.69, 9.17) is 5.21 Å². The van der Waals surface area contributed by atoms with Gasteiger partial charge >= 0.3 is 0 Å². The number of hydrogen-bond donors (Lipinski definition) is 5. The summed E-state index contributed by atoms with van der Waals surface area (Å²) in [6.45, 7) is 2.12. The zero-order chi connectivity index (χ0) is 16.8. The van der Waals surface area contributed by atoms with Gasteiger partial charge in [-0.05, 0) is 43.7 Å². The van der Waals surface area contributed by atoms with E-state index in [0.717, 1.165) is 31.7 Å². The van der Waals surface area contributed by atoms with Gasteiger partial charge in [-0.1, -0.05) is 12.5 Å². The van der Waals surface area contributed by atoms with Crippen molar-refractivity contribution in [2.75, 3.05) is 5.43 Å². The molecule has 23 heavy (non-hydrogen) atoms. The molecule has 2 rings (SSSR count). The summed E-state index contributed by atoms with van der Waals surface area (Å²) >= 11 is 0. The first-order valence-electron chi connectivity index (χ1n) is 7.63. The van der Waals surface area contributed by atoms with Gasteiger partial charge in [0.2, 0.25) is 0 Å². The Morgan fingerprint density at radius 3 is 2.61 bits per heavy atom. The molecule has 0 fully saturated rings. The molecule has 1 aromatic rings. The van der Waals surface area contributed by atoms with Crippen LogP contribution in [0, 0.1) is 10.4 Å². The second-order valence-electron chi connectivity index (χ2n) is 5.43. The number of nitrogens with one attached hydrogen (secondary N) is 3. The standard InChI is InChI=1S/C15H22N4O4/c1-2-11-5-3-4-6-12(11)10-16-17-14-8-7-13(18(20)21)9-15(14)19(22)23/h7-10,17-20,22H,2-6H2,1H3. The van der Waals surface area contributed by atoms with E-state index in [1.165, 1.54) is 29.7 Å². The molecule has 0 heterocycles. The lowest BCUT2D eigenvalue weighted by Gasteiger charge is -2.18. The molecule has 5 N–H and O–H groups in total. The van der Waals surface area contributed by atoms with Gasteiger partial charge in [0.1, 0.15) is 5.69 Å². The fourth-order valence-electron chi connectivity index (χ4n) is 2.68. The van der Waals surface area contributed by atoms with Crippen molar-refractivity contribution in [2.24, 2.45) is 5.10 Å². The number of benzene rings is 1. The molecule has 1 aliphatic carbocycles. The molecular formula is C15H22N4O4. The molecule has 0 saturated heterocycles. The zero-order valence-corrected chi connectivity index (χ0v) is 13.0. The quantitative estimate of drug-likeness (QED) is 0.398. The third kappa shape index (κ3) is 4.58. The lowest BCUT2D eigenvalue weighted by Crippen LogP contribution is -3.00. The molecule has 1 aromatic carbocycles. The van der Waals surface area contributed by atoms with E-state index in [1.807, 2.05) is 0 Å². The minimum absolute atomic E-state index is 0.0693. The van der Waals surface area contributed by atoms with Crippen LogP contribution in [0.5, 0.6) is 0 Å². The molecule has 126 valence electrons. The molecule has 8 nitrogen and oxygen atoms in total. The van der Waals surface area contributed by atoms with Gasteiger partial charge in [-0.25, -0.2) is 10.4 Å². The van der Waals surface area contributed by atoms with Gasteiger partial charge in [0.25, 0.3) is 0 Å². The van der Waals surface area contributed by atoms with E-state index in [0.29, 0.717) is 0 Å². The molecule has 0 radical (unpaired) electrons. The first-order valence-corrected chi connectivity index (χ1v) is 7.63. The molecular weight excluding hydrogens is 300 g/mol. The van der Waals surface area contributed by atoms with Gasteiger partial charge in [0.15, 0.2) is 11.4 Å². The number of rotatable bonds is 6. The fraction of sp³-hybridized carbons (Fsp3) is 0.400. The summed E-state index contributed by atoms with van der Waals surface area (Å²) in [6, 6.07) is 3.89. The highest BCUT2D eigenvalue weighted by molar-refractivity contribution is 5.81. The second-order valence-corrected chi connectivity index (χ2v) is 5.43. The number of quaternary nitrogens is 2. The van der Waals surface area contributed by atoms with Crippen molar-refractivity contribution < 1.29 is 20.9 Å². The summed E-state index contributed by atoms with van der Waals surface area (Å²) in [5.74, 6) is 0. The normalized spacial score (nSPS) is 18.3. The molecule has 0 amide bonds. The number of anilines is 1. The molecule has 0 aliphatic heterocycles.